The van der Waals surface area contributed by atoms with Crippen molar-refractivity contribution in [2.75, 3.05) is 0 Å². The van der Waals surface area contributed by atoms with Crippen molar-refractivity contribution in [3.63, 3.8) is 0 Å². The highest BCUT2D eigenvalue weighted by Crippen LogP contribution is 2.35. The molecule has 106 valence electrons. The Balaban J connectivity index is 0. The largest absolute Gasteiger partial charge is 0.0776 e. The Bertz CT molecular complexity index is 412. The molecule has 0 heterocycles. The van der Waals surface area contributed by atoms with E-state index < -0.39 is 0 Å². The zero-order chi connectivity index (χ0) is 12.7. The smallest absolute Gasteiger partial charge is 0.00135 e. The molecule has 0 unspecified atom stereocenters. The first kappa shape index (κ1) is 19.8. The average molecular weight is 258 g/mol. The zero-order valence-electron chi connectivity index (χ0n) is 11.3. The first-order valence-electron chi connectivity index (χ1n) is 6.61. The fraction of sp³-hybridized carbons (Fsp3) is 0.368. The van der Waals surface area contributed by atoms with Crippen LogP contribution in [-0.4, -0.2) is 0 Å². The van der Waals surface area contributed by atoms with E-state index >= 15 is 0 Å². The van der Waals surface area contributed by atoms with Gasteiger partial charge < -0.3 is 0 Å². The summed E-state index contributed by atoms with van der Waals surface area (Å²) in [6.07, 6.45) is 1.10. The molecule has 2 aromatic rings. The Morgan fingerprint density at radius 2 is 0.895 bits per heavy atom. The molecule has 0 N–H and O–H groups in total. The third-order valence-corrected chi connectivity index (χ3v) is 2.71. The molecule has 0 aliphatic heterocycles. The van der Waals surface area contributed by atoms with Crippen molar-refractivity contribution in [2.24, 2.45) is 0 Å². The fourth-order valence-corrected chi connectivity index (χ4v) is 2.08. The molecule has 0 heteroatoms. The normalized spacial score (nSPS) is 9.05. The summed E-state index contributed by atoms with van der Waals surface area (Å²) >= 11 is 0. The van der Waals surface area contributed by atoms with Crippen molar-refractivity contribution >= 4 is 0 Å². The van der Waals surface area contributed by atoms with E-state index in [9.17, 15) is 0 Å². The molecule has 0 nitrogen and oxygen atoms in total. The summed E-state index contributed by atoms with van der Waals surface area (Å²) in [5.74, 6) is 0. The van der Waals surface area contributed by atoms with Crippen LogP contribution in [0.1, 0.15) is 53.7 Å². The number of fused-ring (bicyclic) bond motifs is 3. The van der Waals surface area contributed by atoms with Gasteiger partial charge in [-0.3, -0.25) is 0 Å². The van der Waals surface area contributed by atoms with Crippen molar-refractivity contribution in [1.82, 2.24) is 0 Å². The lowest BCUT2D eigenvalue weighted by atomic mass is 10.1. The van der Waals surface area contributed by atoms with Crippen LogP contribution in [0.15, 0.2) is 48.5 Å². The molecule has 19 heavy (non-hydrogen) atoms. The van der Waals surface area contributed by atoms with Gasteiger partial charge in [-0.1, -0.05) is 91.1 Å². The first-order chi connectivity index (χ1) is 8.45. The van der Waals surface area contributed by atoms with Crippen molar-refractivity contribution < 1.29 is 0 Å². The molecule has 0 fully saturated rings. The lowest BCUT2D eigenvalue weighted by Gasteiger charge is -1.98. The van der Waals surface area contributed by atoms with E-state index in [4.69, 9.17) is 0 Å². The van der Waals surface area contributed by atoms with Crippen LogP contribution in [0.2, 0.25) is 0 Å². The predicted molar refractivity (Wildman–Crippen MR) is 90.8 cm³/mol. The lowest BCUT2D eigenvalue weighted by Crippen LogP contribution is -1.77. The molecule has 0 amide bonds. The molecule has 0 saturated carbocycles. The van der Waals surface area contributed by atoms with Crippen LogP contribution in [-0.2, 0) is 6.42 Å². The van der Waals surface area contributed by atoms with Gasteiger partial charge in [0, 0.05) is 0 Å². The van der Waals surface area contributed by atoms with Gasteiger partial charge in [-0.2, -0.15) is 0 Å². The Kier molecular flexibility index (Phi) is 10.8. The monoisotopic (exact) mass is 258 g/mol. The maximum absolute atomic E-state index is 2.22. The summed E-state index contributed by atoms with van der Waals surface area (Å²) in [4.78, 5) is 0. The van der Waals surface area contributed by atoms with Crippen molar-refractivity contribution in [2.45, 2.75) is 49.0 Å². The van der Waals surface area contributed by atoms with Gasteiger partial charge in [0.05, 0.1) is 0 Å². The summed E-state index contributed by atoms with van der Waals surface area (Å²) in [6, 6.07) is 17.3. The van der Waals surface area contributed by atoms with Gasteiger partial charge in [-0.15, -0.1) is 0 Å². The molecule has 1 aliphatic rings. The Morgan fingerprint density at radius 1 is 0.579 bits per heavy atom. The quantitative estimate of drug-likeness (QED) is 0.427. The average Bonchev–Trinajstić information content (AvgIpc) is 2.82. The molecule has 2 aromatic carbocycles. The topological polar surface area (TPSA) is 0 Å². The third kappa shape index (κ3) is 4.24. The lowest BCUT2D eigenvalue weighted by molar-refractivity contribution is 1.26. The van der Waals surface area contributed by atoms with Crippen LogP contribution in [0.4, 0.5) is 0 Å². The minimum atomic E-state index is 0. The van der Waals surface area contributed by atoms with Crippen molar-refractivity contribution in [3.05, 3.63) is 59.7 Å². The highest BCUT2D eigenvalue weighted by Gasteiger charge is 2.15. The summed E-state index contributed by atoms with van der Waals surface area (Å²) < 4.78 is 0. The van der Waals surface area contributed by atoms with Gasteiger partial charge in [0.25, 0.3) is 0 Å². The van der Waals surface area contributed by atoms with E-state index in [0.29, 0.717) is 0 Å². The number of hydrogen-bond donors (Lipinski definition) is 0. The highest BCUT2D eigenvalue weighted by atomic mass is 14.2. The van der Waals surface area contributed by atoms with Crippen LogP contribution < -0.4 is 0 Å². The summed E-state index contributed by atoms with van der Waals surface area (Å²) in [7, 11) is 0. The van der Waals surface area contributed by atoms with Crippen LogP contribution in [0.25, 0.3) is 11.1 Å². The third-order valence-electron chi connectivity index (χ3n) is 2.71. The minimum absolute atomic E-state index is 0. The van der Waals surface area contributed by atoms with Crippen LogP contribution in [0.5, 0.6) is 0 Å². The molecular formula is C19H30. The number of hydrogen-bond acceptors (Lipinski definition) is 0. The second-order valence-electron chi connectivity index (χ2n) is 3.49. The van der Waals surface area contributed by atoms with Crippen molar-refractivity contribution in [1.29, 1.82) is 0 Å². The Labute approximate surface area is 120 Å². The van der Waals surface area contributed by atoms with Gasteiger partial charge in [0.2, 0.25) is 0 Å². The Hall–Kier alpha value is -1.56. The molecule has 0 atom stereocenters. The van der Waals surface area contributed by atoms with E-state index in [-0.39, 0.29) is 14.9 Å². The maximum atomic E-state index is 2.22. The maximum Gasteiger partial charge on any atom is -0.00135 e. The van der Waals surface area contributed by atoms with Crippen LogP contribution >= 0.6 is 0 Å². The van der Waals surface area contributed by atoms with E-state index in [1.165, 1.54) is 22.3 Å². The summed E-state index contributed by atoms with van der Waals surface area (Å²) in [6.45, 7) is 8.00. The van der Waals surface area contributed by atoms with E-state index in [1.54, 1.807) is 0 Å². The molecule has 1 aliphatic carbocycles. The van der Waals surface area contributed by atoms with Gasteiger partial charge in [-0.05, 0) is 28.7 Å². The minimum Gasteiger partial charge on any atom is -0.0776 e. The second kappa shape index (κ2) is 10.4. The molecule has 0 aromatic heterocycles. The van der Waals surface area contributed by atoms with Crippen LogP contribution in [0.3, 0.4) is 0 Å². The van der Waals surface area contributed by atoms with Crippen molar-refractivity contribution in [3.8, 4) is 11.1 Å². The van der Waals surface area contributed by atoms with Crippen LogP contribution in [0, 0.1) is 0 Å². The van der Waals surface area contributed by atoms with Gasteiger partial charge >= 0.3 is 0 Å². The number of rotatable bonds is 0. The molecular weight excluding hydrogens is 228 g/mol. The van der Waals surface area contributed by atoms with E-state index in [2.05, 4.69) is 48.5 Å². The number of benzene rings is 2. The SMILES string of the molecule is C.C.CC.CC.c1ccc2c(c1)Cc1ccccc1-2. The van der Waals surface area contributed by atoms with E-state index in [1.807, 2.05) is 27.7 Å². The van der Waals surface area contributed by atoms with Gasteiger partial charge in [-0.25, -0.2) is 0 Å². The second-order valence-corrected chi connectivity index (χ2v) is 3.49. The molecule has 0 radical (unpaired) electrons. The molecule has 0 saturated heterocycles. The fourth-order valence-electron chi connectivity index (χ4n) is 2.08. The van der Waals surface area contributed by atoms with Gasteiger partial charge in [0.15, 0.2) is 0 Å². The molecule has 0 bridgehead atoms. The summed E-state index contributed by atoms with van der Waals surface area (Å²) in [5, 5.41) is 0. The Morgan fingerprint density at radius 3 is 1.26 bits per heavy atom. The summed E-state index contributed by atoms with van der Waals surface area (Å²) in [5.41, 5.74) is 5.75. The zero-order valence-corrected chi connectivity index (χ0v) is 11.3. The standard InChI is InChI=1S/C13H10.2C2H6.2CH4/c1-3-7-12-10(5-1)9-11-6-2-4-8-13(11)12;2*1-2;;/h1-8H,9H2;2*1-2H3;2*1H4. The highest BCUT2D eigenvalue weighted by molar-refractivity contribution is 5.76. The van der Waals surface area contributed by atoms with E-state index in [0.717, 1.165) is 6.42 Å². The predicted octanol–water partition coefficient (Wildman–Crippen LogP) is 6.58. The first-order valence-corrected chi connectivity index (χ1v) is 6.61. The van der Waals surface area contributed by atoms with Gasteiger partial charge in [0.1, 0.15) is 0 Å². The molecule has 0 spiro atoms. The molecule has 3 rings (SSSR count).